The molecule has 1 saturated heterocycles. The van der Waals surface area contributed by atoms with Crippen LogP contribution in [0, 0.1) is 12.3 Å². The molecule has 0 aliphatic carbocycles. The maximum Gasteiger partial charge on any atom is 0.246 e. The van der Waals surface area contributed by atoms with E-state index in [2.05, 4.69) is 15.6 Å². The molecule has 0 spiro atoms. The van der Waals surface area contributed by atoms with Gasteiger partial charge in [-0.1, -0.05) is 45.0 Å². The average molecular weight is 620 g/mol. The minimum atomic E-state index is -0.928. The lowest BCUT2D eigenvalue weighted by Gasteiger charge is -2.35. The molecule has 1 aliphatic heterocycles. The number of nitrogens with zero attached hydrogens (tertiary/aromatic N) is 2. The third kappa shape index (κ3) is 10.6. The Balaban J connectivity index is 1.52. The summed E-state index contributed by atoms with van der Waals surface area (Å²) in [5, 5.41) is 16.1. The molecule has 2 heterocycles. The Labute approximate surface area is 257 Å². The number of rotatable bonds is 16. The first-order valence-electron chi connectivity index (χ1n) is 14.5. The van der Waals surface area contributed by atoms with E-state index < -0.39 is 35.4 Å². The van der Waals surface area contributed by atoms with Gasteiger partial charge in [0, 0.05) is 26.1 Å². The van der Waals surface area contributed by atoms with Crippen LogP contribution in [-0.4, -0.2) is 104 Å². The van der Waals surface area contributed by atoms with Gasteiger partial charge in [-0.25, -0.2) is 4.98 Å². The van der Waals surface area contributed by atoms with Crippen molar-refractivity contribution in [1.29, 1.82) is 0 Å². The fourth-order valence-electron chi connectivity index (χ4n) is 4.67. The second-order valence-electron chi connectivity index (χ2n) is 11.5. The molecule has 5 N–H and O–H groups in total. The van der Waals surface area contributed by atoms with Crippen molar-refractivity contribution in [3.8, 4) is 10.4 Å². The normalized spacial score (nSPS) is 17.6. The van der Waals surface area contributed by atoms with Crippen molar-refractivity contribution in [3.05, 3.63) is 41.0 Å². The van der Waals surface area contributed by atoms with Gasteiger partial charge >= 0.3 is 0 Å². The third-order valence-electron chi connectivity index (χ3n) is 6.95. The molecule has 3 atom stereocenters. The summed E-state index contributed by atoms with van der Waals surface area (Å²) in [6.07, 6.45) is -0.728. The second-order valence-corrected chi connectivity index (χ2v) is 12.4. The minimum Gasteiger partial charge on any atom is -0.391 e. The topological polar surface area (TPSA) is 165 Å². The van der Waals surface area contributed by atoms with E-state index in [1.54, 1.807) is 11.3 Å². The fourth-order valence-corrected chi connectivity index (χ4v) is 5.48. The predicted molar refractivity (Wildman–Crippen MR) is 163 cm³/mol. The van der Waals surface area contributed by atoms with Gasteiger partial charge in [0.2, 0.25) is 17.7 Å². The van der Waals surface area contributed by atoms with E-state index in [1.807, 2.05) is 57.5 Å². The third-order valence-corrected chi connectivity index (χ3v) is 7.93. The second kappa shape index (κ2) is 16.8. The van der Waals surface area contributed by atoms with Crippen molar-refractivity contribution in [2.45, 2.75) is 58.8 Å². The minimum absolute atomic E-state index is 0.00506. The van der Waals surface area contributed by atoms with E-state index in [0.717, 1.165) is 21.7 Å². The van der Waals surface area contributed by atoms with Crippen LogP contribution in [0.5, 0.6) is 0 Å². The molecule has 0 bridgehead atoms. The molecule has 1 aliphatic rings. The van der Waals surface area contributed by atoms with Crippen LogP contribution in [0.1, 0.15) is 38.4 Å². The van der Waals surface area contributed by atoms with Crippen LogP contribution in [0.4, 0.5) is 0 Å². The maximum atomic E-state index is 13.7. The van der Waals surface area contributed by atoms with E-state index in [1.165, 1.54) is 4.90 Å². The Kier molecular flexibility index (Phi) is 13.5. The Bertz CT molecular complexity index is 1180. The lowest BCUT2D eigenvalue weighted by Crippen LogP contribution is -2.58. The molecule has 0 radical (unpaired) electrons. The number of amides is 3. The number of benzene rings is 1. The summed E-state index contributed by atoms with van der Waals surface area (Å²) < 4.78 is 16.0. The molecule has 1 aromatic heterocycles. The monoisotopic (exact) mass is 619 g/mol. The average Bonchev–Trinajstić information content (AvgIpc) is 3.58. The standard InChI is InChI=1S/C30H45N5O7S/c1-20-26(43-19-33-20)22-7-5-21(6-8-22)16-32-28(38)24-15-23(36)17-35(24)29(39)27(30(2,3)4)34-25(37)18-42-14-13-41-12-11-40-10-9-31/h5-8,19,23-24,27,36H,9-18,31H2,1-4H3,(H,32,38)(H,34,37)/t23-,24+,27?/m0/s1. The van der Waals surface area contributed by atoms with Crippen LogP contribution in [0.2, 0.25) is 0 Å². The molecule has 2 aromatic rings. The highest BCUT2D eigenvalue weighted by Crippen LogP contribution is 2.28. The summed E-state index contributed by atoms with van der Waals surface area (Å²) in [7, 11) is 0. The number of aromatic nitrogens is 1. The Hall–Kier alpha value is -2.94. The van der Waals surface area contributed by atoms with Crippen molar-refractivity contribution in [3.63, 3.8) is 0 Å². The number of aliphatic hydroxyl groups is 1. The number of thiazole rings is 1. The number of carbonyl (C=O) groups excluding carboxylic acids is 3. The summed E-state index contributed by atoms with van der Waals surface area (Å²) in [6, 6.07) is 6.08. The van der Waals surface area contributed by atoms with Crippen molar-refractivity contribution in [2.24, 2.45) is 11.1 Å². The van der Waals surface area contributed by atoms with Gasteiger partial charge in [0.25, 0.3) is 0 Å². The number of likely N-dealkylation sites (tertiary alicyclic amines) is 1. The van der Waals surface area contributed by atoms with E-state index >= 15 is 0 Å². The zero-order chi connectivity index (χ0) is 31.4. The van der Waals surface area contributed by atoms with Crippen molar-refractivity contribution >= 4 is 29.1 Å². The Morgan fingerprint density at radius 3 is 2.35 bits per heavy atom. The number of aliphatic hydroxyl groups excluding tert-OH is 1. The number of carbonyl (C=O) groups is 3. The highest BCUT2D eigenvalue weighted by molar-refractivity contribution is 7.13. The number of ether oxygens (including phenoxy) is 3. The van der Waals surface area contributed by atoms with Gasteiger partial charge in [0.15, 0.2) is 0 Å². The SMILES string of the molecule is Cc1ncsc1-c1ccc(CNC(=O)[C@H]2C[C@H](O)CN2C(=O)C(NC(=O)COCCOCCOCCN)C(C)(C)C)cc1. The number of nitrogens with one attached hydrogen (secondary N) is 2. The Morgan fingerprint density at radius 2 is 1.74 bits per heavy atom. The molecule has 3 rings (SSSR count). The van der Waals surface area contributed by atoms with Gasteiger partial charge in [-0.15, -0.1) is 11.3 Å². The van der Waals surface area contributed by atoms with Gasteiger partial charge < -0.3 is 40.6 Å². The number of β-amino-alcohol motifs (C(OH)–C–C–N with tert-alkyl or cyclic N) is 1. The van der Waals surface area contributed by atoms with Crippen molar-refractivity contribution < 1.29 is 33.7 Å². The summed E-state index contributed by atoms with van der Waals surface area (Å²) >= 11 is 1.58. The van der Waals surface area contributed by atoms with Gasteiger partial charge in [0.05, 0.1) is 55.2 Å². The summed E-state index contributed by atoms with van der Waals surface area (Å²) in [5.74, 6) is -1.25. The van der Waals surface area contributed by atoms with Crippen LogP contribution in [-0.2, 0) is 35.1 Å². The van der Waals surface area contributed by atoms with E-state index in [9.17, 15) is 19.5 Å². The van der Waals surface area contributed by atoms with Crippen LogP contribution in [0.3, 0.4) is 0 Å². The first-order chi connectivity index (χ1) is 20.5. The molecule has 1 aromatic carbocycles. The molecule has 12 nitrogen and oxygen atoms in total. The zero-order valence-electron chi connectivity index (χ0n) is 25.5. The highest BCUT2D eigenvalue weighted by atomic mass is 32.1. The number of hydrogen-bond acceptors (Lipinski definition) is 10. The summed E-state index contributed by atoms with van der Waals surface area (Å²) in [6.45, 7) is 9.72. The maximum absolute atomic E-state index is 13.7. The predicted octanol–water partition coefficient (Wildman–Crippen LogP) is 1.24. The summed E-state index contributed by atoms with van der Waals surface area (Å²) in [5.41, 5.74) is 9.44. The van der Waals surface area contributed by atoms with Crippen molar-refractivity contribution in [2.75, 3.05) is 52.7 Å². The van der Waals surface area contributed by atoms with E-state index in [0.29, 0.717) is 33.0 Å². The zero-order valence-corrected chi connectivity index (χ0v) is 26.3. The largest absolute Gasteiger partial charge is 0.391 e. The number of aryl methyl sites for hydroxylation is 1. The molecule has 13 heteroatoms. The van der Waals surface area contributed by atoms with Crippen LogP contribution < -0.4 is 16.4 Å². The molecule has 3 amide bonds. The van der Waals surface area contributed by atoms with Crippen molar-refractivity contribution in [1.82, 2.24) is 20.5 Å². The van der Waals surface area contributed by atoms with Gasteiger partial charge in [-0.05, 0) is 23.5 Å². The molecular weight excluding hydrogens is 574 g/mol. The fraction of sp³-hybridized carbons (Fsp3) is 0.600. The quantitative estimate of drug-likeness (QED) is 0.202. The lowest BCUT2D eigenvalue weighted by molar-refractivity contribution is -0.144. The van der Waals surface area contributed by atoms with Gasteiger partial charge in [0.1, 0.15) is 18.7 Å². The smallest absolute Gasteiger partial charge is 0.246 e. The lowest BCUT2D eigenvalue weighted by atomic mass is 9.85. The van der Waals surface area contributed by atoms with Crippen LogP contribution in [0.15, 0.2) is 29.8 Å². The summed E-state index contributed by atoms with van der Waals surface area (Å²) in [4.78, 5) is 46.4. The van der Waals surface area contributed by atoms with Crippen LogP contribution >= 0.6 is 11.3 Å². The molecule has 1 unspecified atom stereocenters. The molecule has 1 fully saturated rings. The molecule has 238 valence electrons. The van der Waals surface area contributed by atoms with Gasteiger partial charge in [-0.3, -0.25) is 14.4 Å². The van der Waals surface area contributed by atoms with E-state index in [-0.39, 0.29) is 38.6 Å². The van der Waals surface area contributed by atoms with E-state index in [4.69, 9.17) is 19.9 Å². The number of nitrogens with two attached hydrogens (primary N) is 1. The molecule has 43 heavy (non-hydrogen) atoms. The first kappa shape index (κ1) is 34.5. The first-order valence-corrected chi connectivity index (χ1v) is 15.4. The number of hydrogen-bond donors (Lipinski definition) is 4. The molecule has 0 saturated carbocycles. The molecular formula is C30H45N5O7S. The van der Waals surface area contributed by atoms with Gasteiger partial charge in [-0.2, -0.15) is 0 Å². The highest BCUT2D eigenvalue weighted by Gasteiger charge is 2.44. The Morgan fingerprint density at radius 1 is 1.09 bits per heavy atom. The van der Waals surface area contributed by atoms with Crippen LogP contribution in [0.25, 0.3) is 10.4 Å².